The van der Waals surface area contributed by atoms with Gasteiger partial charge < -0.3 is 5.32 Å². The van der Waals surface area contributed by atoms with Gasteiger partial charge in [0.15, 0.2) is 0 Å². The number of carbonyl (C=O) groups excluding carboxylic acids is 2. The van der Waals surface area contributed by atoms with Crippen LogP contribution in [0.15, 0.2) is 48.5 Å². The molecule has 0 saturated carbocycles. The molecule has 4 rings (SSSR count). The molecule has 0 bridgehead atoms. The zero-order chi connectivity index (χ0) is 18.3. The lowest BCUT2D eigenvalue weighted by Gasteiger charge is -2.31. The third-order valence-electron chi connectivity index (χ3n) is 5.25. The predicted octanol–water partition coefficient (Wildman–Crippen LogP) is 3.12. The van der Waals surface area contributed by atoms with Crippen molar-refractivity contribution in [1.29, 1.82) is 0 Å². The molecule has 0 aromatic heterocycles. The van der Waals surface area contributed by atoms with Crippen LogP contribution in [0.2, 0.25) is 5.02 Å². The number of halogens is 1. The van der Waals surface area contributed by atoms with E-state index in [1.807, 2.05) is 12.1 Å². The predicted molar refractivity (Wildman–Crippen MR) is 99.6 cm³/mol. The first-order valence-electron chi connectivity index (χ1n) is 8.67. The van der Waals surface area contributed by atoms with Gasteiger partial charge in [-0.15, -0.1) is 0 Å². The van der Waals surface area contributed by atoms with E-state index in [-0.39, 0.29) is 11.9 Å². The summed E-state index contributed by atoms with van der Waals surface area (Å²) >= 11 is 5.94. The molecule has 2 aromatic rings. The van der Waals surface area contributed by atoms with Crippen LogP contribution in [0, 0.1) is 0 Å². The first-order valence-corrected chi connectivity index (χ1v) is 9.04. The van der Waals surface area contributed by atoms with Crippen LogP contribution in [0.5, 0.6) is 0 Å². The van der Waals surface area contributed by atoms with Crippen LogP contribution >= 0.6 is 11.6 Å². The molecular weight excluding hydrogens is 350 g/mol. The Morgan fingerprint density at radius 1 is 1.08 bits per heavy atom. The summed E-state index contributed by atoms with van der Waals surface area (Å²) in [5, 5.41) is 3.44. The number of hydrogen-bond acceptors (Lipinski definition) is 3. The highest BCUT2D eigenvalue weighted by atomic mass is 35.5. The van der Waals surface area contributed by atoms with Crippen molar-refractivity contribution in [3.8, 4) is 0 Å². The summed E-state index contributed by atoms with van der Waals surface area (Å²) in [5.74, 6) is -0.233. The van der Waals surface area contributed by atoms with E-state index in [1.54, 1.807) is 31.2 Å². The van der Waals surface area contributed by atoms with Crippen molar-refractivity contribution < 1.29 is 9.59 Å². The van der Waals surface area contributed by atoms with E-state index >= 15 is 0 Å². The summed E-state index contributed by atoms with van der Waals surface area (Å²) in [6.07, 6.45) is 0.925. The minimum absolute atomic E-state index is 0.233. The molecule has 0 aliphatic carbocycles. The summed E-state index contributed by atoms with van der Waals surface area (Å²) in [6.45, 7) is 3.60. The third kappa shape index (κ3) is 2.87. The van der Waals surface area contributed by atoms with Crippen LogP contribution in [0.1, 0.15) is 23.6 Å². The zero-order valence-electron chi connectivity index (χ0n) is 14.5. The molecule has 6 heteroatoms. The van der Waals surface area contributed by atoms with Crippen molar-refractivity contribution in [2.75, 3.05) is 13.2 Å². The number of rotatable bonds is 3. The fraction of sp³-hybridized carbons (Fsp3) is 0.300. The number of nitrogens with zero attached hydrogens (tertiary/aromatic N) is 2. The lowest BCUT2D eigenvalue weighted by molar-refractivity contribution is -0.132. The third-order valence-corrected chi connectivity index (χ3v) is 5.50. The smallest absolute Gasteiger partial charge is 0.319 e. The maximum atomic E-state index is 13.0. The molecule has 2 aromatic carbocycles. The molecule has 1 saturated heterocycles. The van der Waals surface area contributed by atoms with Crippen LogP contribution in [0.3, 0.4) is 0 Å². The van der Waals surface area contributed by atoms with Gasteiger partial charge in [-0.3, -0.25) is 9.69 Å². The van der Waals surface area contributed by atoms with Gasteiger partial charge in [0, 0.05) is 18.1 Å². The Labute approximate surface area is 157 Å². The molecule has 1 N–H and O–H groups in total. The molecular formula is C20H20ClN3O2. The van der Waals surface area contributed by atoms with E-state index in [4.69, 9.17) is 11.6 Å². The van der Waals surface area contributed by atoms with Crippen LogP contribution in [-0.2, 0) is 23.3 Å². The van der Waals surface area contributed by atoms with Gasteiger partial charge in [-0.2, -0.15) is 0 Å². The summed E-state index contributed by atoms with van der Waals surface area (Å²) in [4.78, 5) is 29.0. The first-order chi connectivity index (χ1) is 12.5. The standard InChI is InChI=1S/C20H20ClN3O2/c1-20(16-6-8-17(21)9-7-16)18(25)24(19(26)22-20)13-23-11-10-14-4-2-3-5-15(14)12-23/h2-9H,10-13H2,1H3,(H,22,26)/t20-/m1/s1. The zero-order valence-corrected chi connectivity index (χ0v) is 15.3. The summed E-state index contributed by atoms with van der Waals surface area (Å²) < 4.78 is 0. The summed E-state index contributed by atoms with van der Waals surface area (Å²) in [7, 11) is 0. The Balaban J connectivity index is 1.52. The number of hydrogen-bond donors (Lipinski definition) is 1. The monoisotopic (exact) mass is 369 g/mol. The van der Waals surface area contributed by atoms with E-state index in [0.29, 0.717) is 11.7 Å². The highest BCUT2D eigenvalue weighted by molar-refractivity contribution is 6.30. The number of imide groups is 1. The second-order valence-corrected chi connectivity index (χ2v) is 7.44. The maximum absolute atomic E-state index is 13.0. The average Bonchev–Trinajstić information content (AvgIpc) is 2.86. The Bertz CT molecular complexity index is 868. The lowest BCUT2D eigenvalue weighted by Crippen LogP contribution is -2.45. The van der Waals surface area contributed by atoms with Gasteiger partial charge in [-0.1, -0.05) is 48.0 Å². The molecule has 5 nitrogen and oxygen atoms in total. The molecule has 1 atom stereocenters. The number of nitrogens with one attached hydrogen (secondary N) is 1. The molecule has 26 heavy (non-hydrogen) atoms. The van der Waals surface area contributed by atoms with Gasteiger partial charge in [-0.25, -0.2) is 9.69 Å². The minimum atomic E-state index is -1.06. The maximum Gasteiger partial charge on any atom is 0.326 e. The number of amides is 3. The Morgan fingerprint density at radius 3 is 2.50 bits per heavy atom. The van der Waals surface area contributed by atoms with Gasteiger partial charge in [0.05, 0.1) is 6.67 Å². The normalized spacial score (nSPS) is 23.1. The van der Waals surface area contributed by atoms with Gasteiger partial charge in [-0.05, 0) is 42.2 Å². The van der Waals surface area contributed by atoms with E-state index < -0.39 is 5.54 Å². The number of fused-ring (bicyclic) bond motifs is 1. The number of benzene rings is 2. The molecule has 2 aliphatic rings. The molecule has 3 amide bonds. The topological polar surface area (TPSA) is 52.7 Å². The average molecular weight is 370 g/mol. The van der Waals surface area contributed by atoms with E-state index in [0.717, 1.165) is 25.1 Å². The Morgan fingerprint density at radius 2 is 1.77 bits per heavy atom. The highest BCUT2D eigenvalue weighted by Crippen LogP contribution is 2.30. The molecule has 0 radical (unpaired) electrons. The van der Waals surface area contributed by atoms with E-state index in [9.17, 15) is 9.59 Å². The fourth-order valence-corrected chi connectivity index (χ4v) is 3.81. The number of urea groups is 1. The van der Waals surface area contributed by atoms with E-state index in [1.165, 1.54) is 16.0 Å². The fourth-order valence-electron chi connectivity index (χ4n) is 3.68. The second kappa shape index (κ2) is 6.41. The second-order valence-electron chi connectivity index (χ2n) is 7.01. The van der Waals surface area contributed by atoms with Gasteiger partial charge in [0.25, 0.3) is 5.91 Å². The van der Waals surface area contributed by atoms with Crippen LogP contribution in [0.4, 0.5) is 4.79 Å². The van der Waals surface area contributed by atoms with Crippen LogP contribution in [-0.4, -0.2) is 35.0 Å². The summed E-state index contributed by atoms with van der Waals surface area (Å²) in [6, 6.07) is 15.0. The van der Waals surface area contributed by atoms with E-state index in [2.05, 4.69) is 22.3 Å². The van der Waals surface area contributed by atoms with Crippen LogP contribution in [0.25, 0.3) is 0 Å². The SMILES string of the molecule is C[C@]1(c2ccc(Cl)cc2)NC(=O)N(CN2CCc3ccccc3C2)C1=O. The van der Waals surface area contributed by atoms with Gasteiger partial charge >= 0.3 is 6.03 Å². The van der Waals surface area contributed by atoms with Crippen LogP contribution < -0.4 is 5.32 Å². The van der Waals surface area contributed by atoms with Crippen molar-refractivity contribution in [2.45, 2.75) is 25.4 Å². The molecule has 0 spiro atoms. The highest BCUT2D eigenvalue weighted by Gasteiger charge is 2.49. The molecule has 2 aliphatic heterocycles. The molecule has 134 valence electrons. The van der Waals surface area contributed by atoms with Crippen molar-refractivity contribution >= 4 is 23.5 Å². The first kappa shape index (κ1) is 17.1. The molecule has 2 heterocycles. The molecule has 1 fully saturated rings. The van der Waals surface area contributed by atoms with Gasteiger partial charge in [0.2, 0.25) is 0 Å². The van der Waals surface area contributed by atoms with Crippen molar-refractivity contribution in [3.63, 3.8) is 0 Å². The van der Waals surface area contributed by atoms with Crippen molar-refractivity contribution in [2.24, 2.45) is 0 Å². The lowest BCUT2D eigenvalue weighted by atomic mass is 9.92. The Hall–Kier alpha value is -2.37. The largest absolute Gasteiger partial charge is 0.326 e. The van der Waals surface area contributed by atoms with Crippen molar-refractivity contribution in [3.05, 3.63) is 70.2 Å². The summed E-state index contributed by atoms with van der Waals surface area (Å²) in [5.41, 5.74) is 2.26. The minimum Gasteiger partial charge on any atom is -0.319 e. The quantitative estimate of drug-likeness (QED) is 0.846. The Kier molecular flexibility index (Phi) is 4.21. The van der Waals surface area contributed by atoms with Crippen molar-refractivity contribution in [1.82, 2.24) is 15.1 Å². The molecule has 0 unspecified atom stereocenters. The number of carbonyl (C=O) groups is 2. The van der Waals surface area contributed by atoms with Gasteiger partial charge in [0.1, 0.15) is 5.54 Å².